The van der Waals surface area contributed by atoms with Crippen LogP contribution in [0.4, 0.5) is 0 Å². The van der Waals surface area contributed by atoms with Crippen LogP contribution in [0.3, 0.4) is 0 Å². The van der Waals surface area contributed by atoms with Gasteiger partial charge in [0.1, 0.15) is 5.65 Å². The van der Waals surface area contributed by atoms with Crippen molar-refractivity contribution in [3.8, 4) is 33.6 Å². The largest absolute Gasteiger partial charge is 0.338 e. The van der Waals surface area contributed by atoms with Crippen molar-refractivity contribution in [2.75, 3.05) is 20.6 Å². The number of nitrogens with zero attached hydrogens (tertiary/aromatic N) is 6. The molecule has 0 aromatic carbocycles. The number of aryl methyl sites for hydroxylation is 1. The molecule has 0 radical (unpaired) electrons. The summed E-state index contributed by atoms with van der Waals surface area (Å²) in [6.45, 7) is 1.05. The van der Waals surface area contributed by atoms with Gasteiger partial charge in [0, 0.05) is 64.6 Å². The van der Waals surface area contributed by atoms with Crippen molar-refractivity contribution in [2.45, 2.75) is 12.8 Å². The Hall–Kier alpha value is -4.43. The average molecular weight is 475 g/mol. The lowest BCUT2D eigenvalue weighted by Gasteiger charge is -2.09. The SMILES string of the molecule is CN(C)CCCc1cncc(-c2cnc3n[nH]c(-c4cc5c(-c6cccnc6)ccnc5[nH]4)c3c2)c1. The van der Waals surface area contributed by atoms with Crippen LogP contribution >= 0.6 is 0 Å². The summed E-state index contributed by atoms with van der Waals surface area (Å²) in [7, 11) is 4.20. The molecule has 8 heteroatoms. The summed E-state index contributed by atoms with van der Waals surface area (Å²) in [6, 6.07) is 12.5. The maximum atomic E-state index is 4.62. The van der Waals surface area contributed by atoms with E-state index in [9.17, 15) is 0 Å². The van der Waals surface area contributed by atoms with Gasteiger partial charge in [-0.3, -0.25) is 15.1 Å². The highest BCUT2D eigenvalue weighted by Gasteiger charge is 2.15. The average Bonchev–Trinajstić information content (AvgIpc) is 3.53. The smallest absolute Gasteiger partial charge is 0.181 e. The van der Waals surface area contributed by atoms with Crippen molar-refractivity contribution in [3.05, 3.63) is 79.1 Å². The quantitative estimate of drug-likeness (QED) is 0.333. The molecule has 6 rings (SSSR count). The summed E-state index contributed by atoms with van der Waals surface area (Å²) in [5.74, 6) is 0. The van der Waals surface area contributed by atoms with Gasteiger partial charge in [-0.05, 0) is 74.9 Å². The third-order valence-electron chi connectivity index (χ3n) is 6.38. The Morgan fingerprint density at radius 1 is 0.833 bits per heavy atom. The molecule has 0 saturated heterocycles. The number of rotatable bonds is 7. The Morgan fingerprint density at radius 3 is 2.58 bits per heavy atom. The molecule has 0 fully saturated rings. The molecular formula is C28H26N8. The molecule has 0 unspecified atom stereocenters. The Balaban J connectivity index is 1.38. The second-order valence-electron chi connectivity index (χ2n) is 9.23. The van der Waals surface area contributed by atoms with Gasteiger partial charge < -0.3 is 9.88 Å². The molecule has 0 atom stereocenters. The van der Waals surface area contributed by atoms with E-state index in [-0.39, 0.29) is 0 Å². The molecule has 0 aliphatic rings. The van der Waals surface area contributed by atoms with Crippen molar-refractivity contribution in [3.63, 3.8) is 0 Å². The van der Waals surface area contributed by atoms with E-state index in [0.29, 0.717) is 5.65 Å². The molecule has 0 spiro atoms. The molecule has 0 saturated carbocycles. The zero-order valence-electron chi connectivity index (χ0n) is 20.2. The van der Waals surface area contributed by atoms with Gasteiger partial charge in [0.05, 0.1) is 11.4 Å². The Kier molecular flexibility index (Phi) is 5.71. The van der Waals surface area contributed by atoms with E-state index in [0.717, 1.165) is 69.4 Å². The fraction of sp³-hybridized carbons (Fsp3) is 0.179. The standard InChI is InChI=1S/C28H26N8/c1-36(2)10-4-5-18-11-20(16-30-14-18)21-12-24-26(34-35-28(24)32-17-21)25-13-23-22(7-9-31-27(23)33-25)19-6-3-8-29-15-19/h3,6-9,11-17H,4-5,10H2,1-2H3,(H,31,33)(H,32,34,35). The van der Waals surface area contributed by atoms with Crippen LogP contribution in [0.5, 0.6) is 0 Å². The number of aromatic amines is 2. The molecule has 0 amide bonds. The summed E-state index contributed by atoms with van der Waals surface area (Å²) in [6.07, 6.45) is 13.3. The van der Waals surface area contributed by atoms with Gasteiger partial charge in [-0.15, -0.1) is 0 Å². The van der Waals surface area contributed by atoms with Crippen molar-refractivity contribution in [1.29, 1.82) is 0 Å². The molecule has 6 heterocycles. The van der Waals surface area contributed by atoms with Crippen molar-refractivity contribution in [1.82, 2.24) is 40.0 Å². The van der Waals surface area contributed by atoms with E-state index in [1.807, 2.05) is 43.1 Å². The van der Waals surface area contributed by atoms with Crippen LogP contribution in [0.2, 0.25) is 0 Å². The minimum atomic E-state index is 0.669. The highest BCUT2D eigenvalue weighted by molar-refractivity contribution is 5.99. The number of aromatic nitrogens is 7. The van der Waals surface area contributed by atoms with E-state index in [2.05, 4.69) is 78.4 Å². The van der Waals surface area contributed by atoms with E-state index in [1.54, 1.807) is 6.20 Å². The van der Waals surface area contributed by atoms with Gasteiger partial charge in [-0.2, -0.15) is 5.10 Å². The third-order valence-corrected chi connectivity index (χ3v) is 6.38. The number of H-pyrrole nitrogens is 2. The van der Waals surface area contributed by atoms with Crippen molar-refractivity contribution in [2.24, 2.45) is 0 Å². The van der Waals surface area contributed by atoms with E-state index >= 15 is 0 Å². The van der Waals surface area contributed by atoms with Gasteiger partial charge in [0.2, 0.25) is 0 Å². The van der Waals surface area contributed by atoms with Gasteiger partial charge in [-0.25, -0.2) is 9.97 Å². The topological polar surface area (TPSA) is 99.3 Å². The van der Waals surface area contributed by atoms with Crippen LogP contribution in [-0.4, -0.2) is 60.7 Å². The molecule has 8 nitrogen and oxygen atoms in total. The maximum Gasteiger partial charge on any atom is 0.181 e. The molecule has 36 heavy (non-hydrogen) atoms. The van der Waals surface area contributed by atoms with Crippen molar-refractivity contribution >= 4 is 22.1 Å². The normalized spacial score (nSPS) is 11.6. The number of hydrogen-bond acceptors (Lipinski definition) is 6. The predicted octanol–water partition coefficient (Wildman–Crippen LogP) is 5.12. The van der Waals surface area contributed by atoms with E-state index in [1.165, 1.54) is 5.56 Å². The van der Waals surface area contributed by atoms with Crippen LogP contribution in [-0.2, 0) is 6.42 Å². The minimum absolute atomic E-state index is 0.669. The number of hydrogen-bond donors (Lipinski definition) is 2. The first-order valence-corrected chi connectivity index (χ1v) is 12.0. The van der Waals surface area contributed by atoms with Crippen LogP contribution in [0.1, 0.15) is 12.0 Å². The molecule has 178 valence electrons. The van der Waals surface area contributed by atoms with Crippen LogP contribution in [0.25, 0.3) is 55.7 Å². The number of nitrogens with one attached hydrogen (secondary N) is 2. The highest BCUT2D eigenvalue weighted by Crippen LogP contribution is 2.33. The predicted molar refractivity (Wildman–Crippen MR) is 142 cm³/mol. The summed E-state index contributed by atoms with van der Waals surface area (Å²) in [4.78, 5) is 23.6. The number of pyridine rings is 4. The van der Waals surface area contributed by atoms with E-state index in [4.69, 9.17) is 0 Å². The monoisotopic (exact) mass is 474 g/mol. The minimum Gasteiger partial charge on any atom is -0.338 e. The maximum absolute atomic E-state index is 4.62. The molecule has 2 N–H and O–H groups in total. The van der Waals surface area contributed by atoms with Crippen LogP contribution in [0, 0.1) is 0 Å². The first-order chi connectivity index (χ1) is 17.7. The van der Waals surface area contributed by atoms with Gasteiger partial charge in [0.25, 0.3) is 0 Å². The molecule has 0 aliphatic carbocycles. The first kappa shape index (κ1) is 22.1. The summed E-state index contributed by atoms with van der Waals surface area (Å²) in [5, 5.41) is 9.60. The Morgan fingerprint density at radius 2 is 1.72 bits per heavy atom. The molecular weight excluding hydrogens is 448 g/mol. The van der Waals surface area contributed by atoms with Crippen LogP contribution in [0.15, 0.2) is 73.6 Å². The Labute approximate surface area is 208 Å². The fourth-order valence-electron chi connectivity index (χ4n) is 4.58. The molecule has 0 bridgehead atoms. The zero-order chi connectivity index (χ0) is 24.5. The second-order valence-corrected chi connectivity index (χ2v) is 9.23. The molecule has 6 aromatic heterocycles. The second kappa shape index (κ2) is 9.31. The summed E-state index contributed by atoms with van der Waals surface area (Å²) < 4.78 is 0. The third kappa shape index (κ3) is 4.23. The molecule has 6 aromatic rings. The summed E-state index contributed by atoms with van der Waals surface area (Å²) >= 11 is 0. The lowest BCUT2D eigenvalue weighted by molar-refractivity contribution is 0.400. The lowest BCUT2D eigenvalue weighted by atomic mass is 10.0. The van der Waals surface area contributed by atoms with Crippen LogP contribution < -0.4 is 0 Å². The molecule has 0 aliphatic heterocycles. The fourth-order valence-corrected chi connectivity index (χ4v) is 4.58. The zero-order valence-corrected chi connectivity index (χ0v) is 20.2. The first-order valence-electron chi connectivity index (χ1n) is 12.0. The highest BCUT2D eigenvalue weighted by atomic mass is 15.2. The van der Waals surface area contributed by atoms with Gasteiger partial charge in [0.15, 0.2) is 5.65 Å². The van der Waals surface area contributed by atoms with Gasteiger partial charge >= 0.3 is 0 Å². The van der Waals surface area contributed by atoms with E-state index < -0.39 is 0 Å². The summed E-state index contributed by atoms with van der Waals surface area (Å²) in [5.41, 5.74) is 8.69. The van der Waals surface area contributed by atoms with Crippen molar-refractivity contribution < 1.29 is 0 Å². The van der Waals surface area contributed by atoms with Gasteiger partial charge in [-0.1, -0.05) is 6.07 Å². The Bertz CT molecular complexity index is 1650. The number of fused-ring (bicyclic) bond motifs is 2. The lowest BCUT2D eigenvalue weighted by Crippen LogP contribution is -2.13.